The molecule has 0 fully saturated rings. The lowest BCUT2D eigenvalue weighted by Gasteiger charge is -2.08. The first-order valence-electron chi connectivity index (χ1n) is 3.99. The molecule has 2 nitrogen and oxygen atoms in total. The predicted octanol–water partition coefficient (Wildman–Crippen LogP) is 1.50. The number of aryl methyl sites for hydroxylation is 1. The van der Waals surface area contributed by atoms with E-state index in [9.17, 15) is 5.11 Å². The minimum absolute atomic E-state index is 0.554. The molecule has 0 aromatic heterocycles. The highest BCUT2D eigenvalue weighted by Crippen LogP contribution is 2.06. The number of aliphatic hydroxyl groups is 1. The Morgan fingerprint density at radius 2 is 2.25 bits per heavy atom. The molecule has 66 valence electrons. The van der Waals surface area contributed by atoms with Gasteiger partial charge in [-0.25, -0.2) is 0 Å². The predicted molar refractivity (Wildman–Crippen MR) is 47.9 cm³/mol. The van der Waals surface area contributed by atoms with Gasteiger partial charge in [0.05, 0.1) is 0 Å². The topological polar surface area (TPSA) is 29.5 Å². The summed E-state index contributed by atoms with van der Waals surface area (Å²) in [6.07, 6.45) is -0.134. The summed E-state index contributed by atoms with van der Waals surface area (Å²) in [5.41, 5.74) is 2.31. The molecule has 1 aromatic rings. The Morgan fingerprint density at radius 1 is 1.50 bits per heavy atom. The zero-order chi connectivity index (χ0) is 8.97. The van der Waals surface area contributed by atoms with Crippen molar-refractivity contribution in [2.75, 3.05) is 7.11 Å². The van der Waals surface area contributed by atoms with Crippen LogP contribution in [0.3, 0.4) is 0 Å². The van der Waals surface area contributed by atoms with Crippen molar-refractivity contribution in [3.05, 3.63) is 35.4 Å². The highest BCUT2D eigenvalue weighted by atomic mass is 16.6. The fourth-order valence-corrected chi connectivity index (χ4v) is 1.12. The van der Waals surface area contributed by atoms with Gasteiger partial charge in [0.1, 0.15) is 0 Å². The lowest BCUT2D eigenvalue weighted by Crippen LogP contribution is -2.12. The summed E-state index contributed by atoms with van der Waals surface area (Å²) in [4.78, 5) is 0. The van der Waals surface area contributed by atoms with E-state index >= 15 is 0 Å². The summed E-state index contributed by atoms with van der Waals surface area (Å²) in [7, 11) is 1.50. The van der Waals surface area contributed by atoms with Gasteiger partial charge in [-0.15, -0.1) is 0 Å². The van der Waals surface area contributed by atoms with Crippen LogP contribution in [0.25, 0.3) is 0 Å². The number of benzene rings is 1. The normalized spacial score (nSPS) is 12.9. The van der Waals surface area contributed by atoms with Gasteiger partial charge in [0.15, 0.2) is 6.29 Å². The smallest absolute Gasteiger partial charge is 0.158 e. The highest BCUT2D eigenvalue weighted by Gasteiger charge is 2.02. The average Bonchev–Trinajstić information content (AvgIpc) is 2.04. The molecule has 1 unspecified atom stereocenters. The van der Waals surface area contributed by atoms with Gasteiger partial charge in [0, 0.05) is 13.5 Å². The first kappa shape index (κ1) is 9.23. The Balaban J connectivity index is 2.63. The van der Waals surface area contributed by atoms with E-state index in [0.29, 0.717) is 6.42 Å². The van der Waals surface area contributed by atoms with Gasteiger partial charge in [-0.2, -0.15) is 0 Å². The summed E-state index contributed by atoms with van der Waals surface area (Å²) in [6, 6.07) is 8.03. The van der Waals surface area contributed by atoms with E-state index in [0.717, 1.165) is 5.56 Å². The minimum atomic E-state index is -0.688. The molecule has 1 aromatic carbocycles. The zero-order valence-electron chi connectivity index (χ0n) is 7.45. The third kappa shape index (κ3) is 2.64. The first-order chi connectivity index (χ1) is 5.72. The molecule has 12 heavy (non-hydrogen) atoms. The maximum absolute atomic E-state index is 9.18. The van der Waals surface area contributed by atoms with Crippen molar-refractivity contribution in [2.45, 2.75) is 19.6 Å². The number of hydrogen-bond acceptors (Lipinski definition) is 2. The van der Waals surface area contributed by atoms with Crippen molar-refractivity contribution in [2.24, 2.45) is 0 Å². The van der Waals surface area contributed by atoms with Gasteiger partial charge in [0.2, 0.25) is 0 Å². The molecular formula is C10H14O2. The van der Waals surface area contributed by atoms with Gasteiger partial charge in [-0.1, -0.05) is 29.8 Å². The van der Waals surface area contributed by atoms with E-state index in [2.05, 4.69) is 0 Å². The van der Waals surface area contributed by atoms with Crippen LogP contribution in [0.15, 0.2) is 24.3 Å². The fourth-order valence-electron chi connectivity index (χ4n) is 1.12. The van der Waals surface area contributed by atoms with Crippen molar-refractivity contribution in [1.29, 1.82) is 0 Å². The standard InChI is InChI=1S/C10H14O2/c1-8-4-3-5-9(6-8)7-10(11)12-2/h3-6,10-11H,7H2,1-2H3. The van der Waals surface area contributed by atoms with Crippen LogP contribution >= 0.6 is 0 Å². The van der Waals surface area contributed by atoms with Crippen molar-refractivity contribution < 1.29 is 9.84 Å². The fraction of sp³-hybridized carbons (Fsp3) is 0.400. The molecule has 1 atom stereocenters. The maximum Gasteiger partial charge on any atom is 0.158 e. The van der Waals surface area contributed by atoms with Gasteiger partial charge < -0.3 is 9.84 Å². The molecule has 0 aliphatic rings. The number of aliphatic hydroxyl groups excluding tert-OH is 1. The molecule has 0 radical (unpaired) electrons. The Kier molecular flexibility index (Phi) is 3.26. The largest absolute Gasteiger partial charge is 0.368 e. The van der Waals surface area contributed by atoms with Crippen LogP contribution in [0, 0.1) is 6.92 Å². The van der Waals surface area contributed by atoms with E-state index in [1.807, 2.05) is 31.2 Å². The lowest BCUT2D eigenvalue weighted by atomic mass is 10.1. The van der Waals surface area contributed by atoms with Gasteiger partial charge >= 0.3 is 0 Å². The Morgan fingerprint density at radius 3 is 2.83 bits per heavy atom. The van der Waals surface area contributed by atoms with Crippen molar-refractivity contribution in [3.8, 4) is 0 Å². The molecule has 0 saturated carbocycles. The van der Waals surface area contributed by atoms with Gasteiger partial charge in [-0.05, 0) is 12.5 Å². The second-order valence-electron chi connectivity index (χ2n) is 2.88. The molecule has 0 spiro atoms. The summed E-state index contributed by atoms with van der Waals surface area (Å²) in [5.74, 6) is 0. The second kappa shape index (κ2) is 4.24. The molecule has 0 saturated heterocycles. The molecule has 1 N–H and O–H groups in total. The van der Waals surface area contributed by atoms with Crippen molar-refractivity contribution in [1.82, 2.24) is 0 Å². The molecule has 0 aliphatic carbocycles. The zero-order valence-corrected chi connectivity index (χ0v) is 7.45. The van der Waals surface area contributed by atoms with E-state index in [1.165, 1.54) is 12.7 Å². The third-order valence-corrected chi connectivity index (χ3v) is 1.76. The number of rotatable bonds is 3. The van der Waals surface area contributed by atoms with Crippen LogP contribution in [0.2, 0.25) is 0 Å². The molecule has 0 heterocycles. The lowest BCUT2D eigenvalue weighted by molar-refractivity contribution is -0.0720. The monoisotopic (exact) mass is 166 g/mol. The summed E-state index contributed by atoms with van der Waals surface area (Å²) < 4.78 is 4.75. The number of ether oxygens (including phenoxy) is 1. The Labute approximate surface area is 72.8 Å². The SMILES string of the molecule is COC(O)Cc1cccc(C)c1. The average molecular weight is 166 g/mol. The van der Waals surface area contributed by atoms with Crippen LogP contribution < -0.4 is 0 Å². The molecule has 2 heteroatoms. The van der Waals surface area contributed by atoms with Crippen LogP contribution in [0.5, 0.6) is 0 Å². The van der Waals surface area contributed by atoms with E-state index in [4.69, 9.17) is 4.74 Å². The van der Waals surface area contributed by atoms with Crippen LogP contribution in [0.1, 0.15) is 11.1 Å². The van der Waals surface area contributed by atoms with E-state index in [-0.39, 0.29) is 0 Å². The molecule has 0 amide bonds. The second-order valence-corrected chi connectivity index (χ2v) is 2.88. The molecule has 1 rings (SSSR count). The highest BCUT2D eigenvalue weighted by molar-refractivity contribution is 5.22. The van der Waals surface area contributed by atoms with Gasteiger partial charge in [-0.3, -0.25) is 0 Å². The summed E-state index contributed by atoms with van der Waals surface area (Å²) >= 11 is 0. The van der Waals surface area contributed by atoms with Crippen molar-refractivity contribution >= 4 is 0 Å². The maximum atomic E-state index is 9.18. The first-order valence-corrected chi connectivity index (χ1v) is 3.99. The van der Waals surface area contributed by atoms with Crippen molar-refractivity contribution in [3.63, 3.8) is 0 Å². The third-order valence-electron chi connectivity index (χ3n) is 1.76. The van der Waals surface area contributed by atoms with Crippen LogP contribution in [0.4, 0.5) is 0 Å². The number of hydrogen-bond donors (Lipinski definition) is 1. The molecule has 0 bridgehead atoms. The molecule has 0 aliphatic heterocycles. The summed E-state index contributed by atoms with van der Waals surface area (Å²) in [5, 5.41) is 9.18. The van der Waals surface area contributed by atoms with Gasteiger partial charge in [0.25, 0.3) is 0 Å². The Hall–Kier alpha value is -0.860. The number of methoxy groups -OCH3 is 1. The quantitative estimate of drug-likeness (QED) is 0.689. The van der Waals surface area contributed by atoms with E-state index < -0.39 is 6.29 Å². The van der Waals surface area contributed by atoms with Crippen LogP contribution in [-0.2, 0) is 11.2 Å². The minimum Gasteiger partial charge on any atom is -0.368 e. The summed E-state index contributed by atoms with van der Waals surface area (Å²) in [6.45, 7) is 2.03. The van der Waals surface area contributed by atoms with Crippen LogP contribution in [-0.4, -0.2) is 18.5 Å². The Bertz CT molecular complexity index is 245. The molecular weight excluding hydrogens is 152 g/mol. The van der Waals surface area contributed by atoms with E-state index in [1.54, 1.807) is 0 Å².